The van der Waals surface area contributed by atoms with E-state index >= 15 is 0 Å². The molecule has 0 aromatic heterocycles. The molecule has 0 unspecified atom stereocenters. The number of ether oxygens (including phenoxy) is 2. The minimum absolute atomic E-state index is 0.0973. The zero-order valence-electron chi connectivity index (χ0n) is 13.3. The summed E-state index contributed by atoms with van der Waals surface area (Å²) in [5, 5.41) is 12.2. The van der Waals surface area contributed by atoms with Gasteiger partial charge in [-0.05, 0) is 36.8 Å². The summed E-state index contributed by atoms with van der Waals surface area (Å²) in [6.07, 6.45) is 2.01. The van der Waals surface area contributed by atoms with Crippen molar-refractivity contribution in [3.8, 4) is 17.2 Å². The lowest BCUT2D eigenvalue weighted by molar-refractivity contribution is 0.102. The van der Waals surface area contributed by atoms with Crippen molar-refractivity contribution < 1.29 is 19.4 Å². The summed E-state index contributed by atoms with van der Waals surface area (Å²) < 4.78 is 10.9. The van der Waals surface area contributed by atoms with Crippen LogP contribution in [0.2, 0.25) is 0 Å². The van der Waals surface area contributed by atoms with Crippen molar-refractivity contribution in [2.75, 3.05) is 19.0 Å². The Balaban J connectivity index is 2.11. The van der Waals surface area contributed by atoms with E-state index in [9.17, 15) is 9.90 Å². The summed E-state index contributed by atoms with van der Waals surface area (Å²) >= 11 is 0. The highest BCUT2D eigenvalue weighted by Crippen LogP contribution is 2.28. The van der Waals surface area contributed by atoms with Gasteiger partial charge in [0.1, 0.15) is 5.75 Å². The second-order valence-electron chi connectivity index (χ2n) is 5.07. The van der Waals surface area contributed by atoms with E-state index < -0.39 is 0 Å². The molecule has 0 saturated carbocycles. The van der Waals surface area contributed by atoms with Gasteiger partial charge in [-0.15, -0.1) is 0 Å². The molecule has 5 heteroatoms. The van der Waals surface area contributed by atoms with Gasteiger partial charge in [-0.3, -0.25) is 4.79 Å². The van der Waals surface area contributed by atoms with E-state index in [-0.39, 0.29) is 11.7 Å². The van der Waals surface area contributed by atoms with Gasteiger partial charge < -0.3 is 19.9 Å². The Bertz CT molecular complexity index is 670. The van der Waals surface area contributed by atoms with Gasteiger partial charge in [-0.25, -0.2) is 0 Å². The Morgan fingerprint density at radius 3 is 2.70 bits per heavy atom. The number of methoxy groups -OCH3 is 1. The third kappa shape index (κ3) is 4.64. The van der Waals surface area contributed by atoms with Crippen LogP contribution in [0.25, 0.3) is 0 Å². The van der Waals surface area contributed by atoms with Crippen molar-refractivity contribution in [2.24, 2.45) is 0 Å². The van der Waals surface area contributed by atoms with Crippen LogP contribution in [-0.2, 0) is 0 Å². The quantitative estimate of drug-likeness (QED) is 0.762. The van der Waals surface area contributed by atoms with Crippen LogP contribution in [0, 0.1) is 0 Å². The third-order valence-electron chi connectivity index (χ3n) is 3.29. The molecule has 0 atom stereocenters. The second-order valence-corrected chi connectivity index (χ2v) is 5.07. The molecule has 0 radical (unpaired) electrons. The smallest absolute Gasteiger partial charge is 0.255 e. The first-order chi connectivity index (χ1) is 11.1. The van der Waals surface area contributed by atoms with Gasteiger partial charge in [0, 0.05) is 17.3 Å². The van der Waals surface area contributed by atoms with Crippen LogP contribution in [0.1, 0.15) is 30.1 Å². The summed E-state index contributed by atoms with van der Waals surface area (Å²) in [6.45, 7) is 2.71. The normalized spacial score (nSPS) is 10.2. The number of anilines is 1. The molecular weight excluding hydrogens is 294 g/mol. The van der Waals surface area contributed by atoms with Crippen LogP contribution in [0.5, 0.6) is 17.2 Å². The molecule has 0 aliphatic carbocycles. The lowest BCUT2D eigenvalue weighted by Gasteiger charge is -2.12. The topological polar surface area (TPSA) is 67.8 Å². The number of benzene rings is 2. The Morgan fingerprint density at radius 1 is 1.17 bits per heavy atom. The number of amides is 1. The van der Waals surface area contributed by atoms with Gasteiger partial charge >= 0.3 is 0 Å². The van der Waals surface area contributed by atoms with Crippen molar-refractivity contribution in [2.45, 2.75) is 19.8 Å². The van der Waals surface area contributed by atoms with E-state index in [4.69, 9.17) is 9.47 Å². The molecule has 0 bridgehead atoms. The zero-order valence-corrected chi connectivity index (χ0v) is 13.3. The molecule has 0 aliphatic heterocycles. The number of hydrogen-bond donors (Lipinski definition) is 2. The molecule has 0 heterocycles. The average molecular weight is 315 g/mol. The van der Waals surface area contributed by atoms with Crippen LogP contribution in [0.4, 0.5) is 5.69 Å². The molecule has 0 fully saturated rings. The second kappa shape index (κ2) is 8.08. The van der Waals surface area contributed by atoms with E-state index in [2.05, 4.69) is 12.2 Å². The fraction of sp³-hybridized carbons (Fsp3) is 0.278. The van der Waals surface area contributed by atoms with Crippen molar-refractivity contribution >= 4 is 11.6 Å². The largest absolute Gasteiger partial charge is 0.508 e. The molecule has 2 aromatic carbocycles. The van der Waals surface area contributed by atoms with Crippen LogP contribution >= 0.6 is 0 Å². The number of carbonyl (C=O) groups is 1. The molecule has 0 aliphatic rings. The minimum atomic E-state index is -0.283. The van der Waals surface area contributed by atoms with Gasteiger partial charge in [-0.1, -0.05) is 19.4 Å². The number of unbranched alkanes of at least 4 members (excludes halogenated alkanes) is 1. The Labute approximate surface area is 135 Å². The summed E-state index contributed by atoms with van der Waals surface area (Å²) in [7, 11) is 1.54. The SMILES string of the molecule is CCCCOc1ccc(C(=O)Nc2cccc(O)c2)cc1OC. The van der Waals surface area contributed by atoms with Crippen LogP contribution < -0.4 is 14.8 Å². The molecular formula is C18H21NO4. The molecule has 1 amide bonds. The first-order valence-corrected chi connectivity index (χ1v) is 7.55. The maximum Gasteiger partial charge on any atom is 0.255 e. The van der Waals surface area contributed by atoms with E-state index in [1.807, 2.05) is 0 Å². The lowest BCUT2D eigenvalue weighted by atomic mass is 10.1. The molecule has 2 aromatic rings. The number of aromatic hydroxyl groups is 1. The summed E-state index contributed by atoms with van der Waals surface area (Å²) in [5.74, 6) is 0.952. The predicted molar refractivity (Wildman–Crippen MR) is 89.5 cm³/mol. The average Bonchev–Trinajstić information content (AvgIpc) is 2.55. The molecule has 23 heavy (non-hydrogen) atoms. The molecule has 5 nitrogen and oxygen atoms in total. The van der Waals surface area contributed by atoms with Gasteiger partial charge in [0.2, 0.25) is 0 Å². The monoisotopic (exact) mass is 315 g/mol. The lowest BCUT2D eigenvalue weighted by Crippen LogP contribution is -2.12. The van der Waals surface area contributed by atoms with Gasteiger partial charge in [0.15, 0.2) is 11.5 Å². The fourth-order valence-corrected chi connectivity index (χ4v) is 2.04. The highest BCUT2D eigenvalue weighted by atomic mass is 16.5. The van der Waals surface area contributed by atoms with Crippen molar-refractivity contribution in [3.05, 3.63) is 48.0 Å². The van der Waals surface area contributed by atoms with Crippen molar-refractivity contribution in [1.82, 2.24) is 0 Å². The van der Waals surface area contributed by atoms with Crippen LogP contribution in [-0.4, -0.2) is 24.7 Å². The maximum absolute atomic E-state index is 12.3. The molecule has 0 spiro atoms. The minimum Gasteiger partial charge on any atom is -0.508 e. The Hall–Kier alpha value is -2.69. The predicted octanol–water partition coefficient (Wildman–Crippen LogP) is 3.83. The summed E-state index contributed by atoms with van der Waals surface area (Å²) in [6, 6.07) is 11.4. The first kappa shape index (κ1) is 16.7. The molecule has 2 rings (SSSR count). The highest BCUT2D eigenvalue weighted by Gasteiger charge is 2.11. The Morgan fingerprint density at radius 2 is 2.00 bits per heavy atom. The maximum atomic E-state index is 12.3. The van der Waals surface area contributed by atoms with E-state index in [1.165, 1.54) is 6.07 Å². The molecule has 0 saturated heterocycles. The van der Waals surface area contributed by atoms with Crippen molar-refractivity contribution in [1.29, 1.82) is 0 Å². The Kier molecular flexibility index (Phi) is 5.86. The number of rotatable bonds is 7. The van der Waals surface area contributed by atoms with E-state index in [1.54, 1.807) is 43.5 Å². The first-order valence-electron chi connectivity index (χ1n) is 7.55. The number of phenols is 1. The third-order valence-corrected chi connectivity index (χ3v) is 3.29. The van der Waals surface area contributed by atoms with Crippen molar-refractivity contribution in [3.63, 3.8) is 0 Å². The van der Waals surface area contributed by atoms with Crippen LogP contribution in [0.15, 0.2) is 42.5 Å². The van der Waals surface area contributed by atoms with Crippen LogP contribution in [0.3, 0.4) is 0 Å². The zero-order chi connectivity index (χ0) is 16.7. The molecule has 122 valence electrons. The van der Waals surface area contributed by atoms with Gasteiger partial charge in [0.25, 0.3) is 5.91 Å². The fourth-order valence-electron chi connectivity index (χ4n) is 2.04. The van der Waals surface area contributed by atoms with E-state index in [0.717, 1.165) is 12.8 Å². The van der Waals surface area contributed by atoms with Gasteiger partial charge in [-0.2, -0.15) is 0 Å². The number of nitrogens with one attached hydrogen (secondary N) is 1. The van der Waals surface area contributed by atoms with E-state index in [0.29, 0.717) is 29.4 Å². The number of carbonyl (C=O) groups excluding carboxylic acids is 1. The number of phenolic OH excluding ortho intramolecular Hbond substituents is 1. The summed E-state index contributed by atoms with van der Waals surface area (Å²) in [5.41, 5.74) is 0.977. The standard InChI is InChI=1S/C18H21NO4/c1-3-4-10-23-16-9-8-13(11-17(16)22-2)18(21)19-14-6-5-7-15(20)12-14/h5-9,11-12,20H,3-4,10H2,1-2H3,(H,19,21). The number of hydrogen-bond acceptors (Lipinski definition) is 4. The van der Waals surface area contributed by atoms with Gasteiger partial charge in [0.05, 0.1) is 13.7 Å². The summed E-state index contributed by atoms with van der Waals surface area (Å²) in [4.78, 5) is 12.3. The molecule has 2 N–H and O–H groups in total. The highest BCUT2D eigenvalue weighted by molar-refractivity contribution is 6.04.